The zero-order valence-electron chi connectivity index (χ0n) is 8.02. The number of hydrogen-bond donors (Lipinski definition) is 2. The van der Waals surface area contributed by atoms with Crippen molar-refractivity contribution in [1.82, 2.24) is 0 Å². The van der Waals surface area contributed by atoms with Crippen LogP contribution in [0.15, 0.2) is 18.2 Å². The number of aromatic hydroxyl groups is 1. The van der Waals surface area contributed by atoms with Crippen LogP contribution >= 0.6 is 0 Å². The van der Waals surface area contributed by atoms with Gasteiger partial charge in [0.25, 0.3) is 0 Å². The average molecular weight is 196 g/mol. The van der Waals surface area contributed by atoms with Crippen molar-refractivity contribution in [2.45, 2.75) is 13.0 Å². The average Bonchev–Trinajstić information content (AvgIpc) is 2.17. The third kappa shape index (κ3) is 2.03. The second kappa shape index (κ2) is 4.11. The Morgan fingerprint density at radius 1 is 1.50 bits per heavy atom. The van der Waals surface area contributed by atoms with Crippen LogP contribution in [0.3, 0.4) is 0 Å². The summed E-state index contributed by atoms with van der Waals surface area (Å²) in [6.07, 6.45) is -0.681. The van der Waals surface area contributed by atoms with Gasteiger partial charge in [-0.2, -0.15) is 0 Å². The van der Waals surface area contributed by atoms with Gasteiger partial charge in [-0.1, -0.05) is 6.07 Å². The monoisotopic (exact) mass is 196 g/mol. The molecule has 4 heteroatoms. The number of esters is 1. The second-order valence-corrected chi connectivity index (χ2v) is 2.94. The number of carbonyl (C=O) groups is 1. The van der Waals surface area contributed by atoms with E-state index in [1.807, 2.05) is 0 Å². The summed E-state index contributed by atoms with van der Waals surface area (Å²) in [5.74, 6) is -0.772. The summed E-state index contributed by atoms with van der Waals surface area (Å²) >= 11 is 0. The third-order valence-electron chi connectivity index (χ3n) is 1.91. The molecule has 76 valence electrons. The van der Waals surface area contributed by atoms with E-state index in [0.29, 0.717) is 5.56 Å². The number of hydrogen-bond acceptors (Lipinski definition) is 4. The van der Waals surface area contributed by atoms with Crippen LogP contribution in [0.1, 0.15) is 28.9 Å². The van der Waals surface area contributed by atoms with E-state index in [0.717, 1.165) is 0 Å². The highest BCUT2D eigenvalue weighted by Crippen LogP contribution is 2.22. The molecule has 0 heterocycles. The lowest BCUT2D eigenvalue weighted by atomic mass is 10.1. The van der Waals surface area contributed by atoms with Crippen LogP contribution in [0.2, 0.25) is 0 Å². The maximum absolute atomic E-state index is 11.1. The van der Waals surface area contributed by atoms with E-state index in [-0.39, 0.29) is 11.3 Å². The van der Waals surface area contributed by atoms with Crippen LogP contribution < -0.4 is 0 Å². The predicted molar refractivity (Wildman–Crippen MR) is 50.1 cm³/mol. The van der Waals surface area contributed by atoms with Gasteiger partial charge in [-0.05, 0) is 24.6 Å². The number of aliphatic hydroxyl groups excluding tert-OH is 1. The van der Waals surface area contributed by atoms with Gasteiger partial charge < -0.3 is 14.9 Å². The molecule has 0 radical (unpaired) electrons. The van der Waals surface area contributed by atoms with E-state index >= 15 is 0 Å². The molecule has 0 aliphatic rings. The molecule has 14 heavy (non-hydrogen) atoms. The molecule has 0 aliphatic heterocycles. The lowest BCUT2D eigenvalue weighted by Crippen LogP contribution is -2.03. The van der Waals surface area contributed by atoms with Crippen molar-refractivity contribution in [3.63, 3.8) is 0 Å². The van der Waals surface area contributed by atoms with Gasteiger partial charge in [-0.3, -0.25) is 0 Å². The molecule has 0 spiro atoms. The number of rotatable bonds is 2. The number of benzene rings is 1. The summed E-state index contributed by atoms with van der Waals surface area (Å²) in [6, 6.07) is 4.31. The molecule has 1 atom stereocenters. The van der Waals surface area contributed by atoms with Crippen molar-refractivity contribution in [2.75, 3.05) is 7.11 Å². The molecule has 4 nitrogen and oxygen atoms in total. The first-order valence-electron chi connectivity index (χ1n) is 4.15. The molecule has 0 saturated carbocycles. The topological polar surface area (TPSA) is 66.8 Å². The molecule has 0 saturated heterocycles. The van der Waals surface area contributed by atoms with E-state index in [2.05, 4.69) is 4.74 Å². The Balaban J connectivity index is 3.15. The fourth-order valence-electron chi connectivity index (χ4n) is 1.09. The Kier molecular flexibility index (Phi) is 3.09. The van der Waals surface area contributed by atoms with Crippen molar-refractivity contribution in [3.05, 3.63) is 29.3 Å². The second-order valence-electron chi connectivity index (χ2n) is 2.94. The first-order chi connectivity index (χ1) is 6.56. The first kappa shape index (κ1) is 10.5. The minimum Gasteiger partial charge on any atom is -0.507 e. The molecule has 2 N–H and O–H groups in total. The molecule has 0 fully saturated rings. The molecule has 0 bridgehead atoms. The third-order valence-corrected chi connectivity index (χ3v) is 1.91. The van der Waals surface area contributed by atoms with Gasteiger partial charge in [0.15, 0.2) is 0 Å². The summed E-state index contributed by atoms with van der Waals surface area (Å²) in [5, 5.41) is 18.6. The lowest BCUT2D eigenvalue weighted by Gasteiger charge is -2.07. The fraction of sp³-hybridized carbons (Fsp3) is 0.300. The van der Waals surface area contributed by atoms with Crippen LogP contribution in [0.5, 0.6) is 5.75 Å². The van der Waals surface area contributed by atoms with E-state index in [1.165, 1.54) is 19.2 Å². The standard InChI is InChI=1S/C10H12O4/c1-6(11)7-3-4-9(12)8(5-7)10(13)14-2/h3-6,11-12H,1-2H3/t6-/m0/s1. The van der Waals surface area contributed by atoms with E-state index < -0.39 is 12.1 Å². The molecule has 1 aromatic rings. The van der Waals surface area contributed by atoms with E-state index in [4.69, 9.17) is 0 Å². The minimum atomic E-state index is -0.681. The normalized spacial score (nSPS) is 12.2. The fourth-order valence-corrected chi connectivity index (χ4v) is 1.09. The van der Waals surface area contributed by atoms with Crippen LogP contribution in [-0.4, -0.2) is 23.3 Å². The highest BCUT2D eigenvalue weighted by Gasteiger charge is 2.13. The summed E-state index contributed by atoms with van der Waals surface area (Å²) in [7, 11) is 1.23. The zero-order valence-corrected chi connectivity index (χ0v) is 8.02. The van der Waals surface area contributed by atoms with Gasteiger partial charge >= 0.3 is 5.97 Å². The molecule has 0 unspecified atom stereocenters. The zero-order chi connectivity index (χ0) is 10.7. The van der Waals surface area contributed by atoms with Gasteiger partial charge in [-0.25, -0.2) is 4.79 Å². The molecule has 0 amide bonds. The predicted octanol–water partition coefficient (Wildman–Crippen LogP) is 1.23. The van der Waals surface area contributed by atoms with Crippen molar-refractivity contribution < 1.29 is 19.7 Å². The number of phenolic OH excluding ortho intramolecular Hbond substituents is 1. The van der Waals surface area contributed by atoms with Crippen LogP contribution in [0.4, 0.5) is 0 Å². The van der Waals surface area contributed by atoms with Gasteiger partial charge in [0.05, 0.1) is 13.2 Å². The molecule has 0 aliphatic carbocycles. The van der Waals surface area contributed by atoms with Gasteiger partial charge in [-0.15, -0.1) is 0 Å². The van der Waals surface area contributed by atoms with Gasteiger partial charge in [0.1, 0.15) is 11.3 Å². The Morgan fingerprint density at radius 3 is 2.64 bits per heavy atom. The molecule has 1 rings (SSSR count). The molecule has 1 aromatic carbocycles. The highest BCUT2D eigenvalue weighted by molar-refractivity contribution is 5.92. The smallest absolute Gasteiger partial charge is 0.341 e. The van der Waals surface area contributed by atoms with Gasteiger partial charge in [0.2, 0.25) is 0 Å². The summed E-state index contributed by atoms with van der Waals surface area (Å²) in [4.78, 5) is 11.1. The van der Waals surface area contributed by atoms with Crippen molar-refractivity contribution in [2.24, 2.45) is 0 Å². The van der Waals surface area contributed by atoms with Crippen LogP contribution in [-0.2, 0) is 4.74 Å². The summed E-state index contributed by atoms with van der Waals surface area (Å²) in [5.41, 5.74) is 0.620. The van der Waals surface area contributed by atoms with Crippen molar-refractivity contribution in [1.29, 1.82) is 0 Å². The van der Waals surface area contributed by atoms with Crippen LogP contribution in [0, 0.1) is 0 Å². The molecular formula is C10H12O4. The number of phenols is 1. The molecule has 0 aromatic heterocycles. The first-order valence-corrected chi connectivity index (χ1v) is 4.15. The highest BCUT2D eigenvalue weighted by atomic mass is 16.5. The maximum Gasteiger partial charge on any atom is 0.341 e. The summed E-state index contributed by atoms with van der Waals surface area (Å²) in [6.45, 7) is 1.58. The van der Waals surface area contributed by atoms with E-state index in [1.54, 1.807) is 13.0 Å². The maximum atomic E-state index is 11.1. The Labute approximate surface area is 81.8 Å². The Hall–Kier alpha value is -1.55. The van der Waals surface area contributed by atoms with Crippen molar-refractivity contribution >= 4 is 5.97 Å². The lowest BCUT2D eigenvalue weighted by molar-refractivity contribution is 0.0597. The quantitative estimate of drug-likeness (QED) is 0.698. The Morgan fingerprint density at radius 2 is 2.14 bits per heavy atom. The number of methoxy groups -OCH3 is 1. The summed E-state index contributed by atoms with van der Waals surface area (Å²) < 4.78 is 4.47. The Bertz CT molecular complexity index is 344. The van der Waals surface area contributed by atoms with Crippen molar-refractivity contribution in [3.8, 4) is 5.75 Å². The molecular weight excluding hydrogens is 184 g/mol. The van der Waals surface area contributed by atoms with E-state index in [9.17, 15) is 15.0 Å². The van der Waals surface area contributed by atoms with Gasteiger partial charge in [0, 0.05) is 0 Å². The number of carbonyl (C=O) groups excluding carboxylic acids is 1. The number of aliphatic hydroxyl groups is 1. The number of ether oxygens (including phenoxy) is 1. The SMILES string of the molecule is COC(=O)c1cc([C@H](C)O)ccc1O. The van der Waals surface area contributed by atoms with Crippen LogP contribution in [0.25, 0.3) is 0 Å². The minimum absolute atomic E-state index is 0.0610. The largest absolute Gasteiger partial charge is 0.507 e.